The van der Waals surface area contributed by atoms with Crippen molar-refractivity contribution in [2.45, 2.75) is 18.9 Å². The van der Waals surface area contributed by atoms with Crippen LogP contribution in [0.5, 0.6) is 34.5 Å². The summed E-state index contributed by atoms with van der Waals surface area (Å²) in [5.41, 5.74) is 1.91. The Labute approximate surface area is 185 Å². The fraction of sp³-hybridized carbons (Fsp3) is 0.240. The molecule has 1 atom stereocenters. The molecule has 166 valence electrons. The fourth-order valence-corrected chi connectivity index (χ4v) is 4.00. The van der Waals surface area contributed by atoms with Gasteiger partial charge in [-0.15, -0.1) is 0 Å². The van der Waals surface area contributed by atoms with Crippen molar-refractivity contribution in [3.05, 3.63) is 70.8 Å². The van der Waals surface area contributed by atoms with Gasteiger partial charge in [0.1, 0.15) is 28.9 Å². The van der Waals surface area contributed by atoms with E-state index in [1.165, 1.54) is 27.4 Å². The molecule has 0 amide bonds. The summed E-state index contributed by atoms with van der Waals surface area (Å²) in [5, 5.41) is 21.3. The van der Waals surface area contributed by atoms with Crippen LogP contribution in [0.2, 0.25) is 0 Å². The normalized spacial score (nSPS) is 15.0. The second kappa shape index (κ2) is 8.70. The average molecular weight is 436 g/mol. The number of phenolic OH excluding ortho intramolecular Hbond substituents is 2. The summed E-state index contributed by atoms with van der Waals surface area (Å²) >= 11 is 0. The number of aromatic hydroxyl groups is 2. The van der Waals surface area contributed by atoms with Gasteiger partial charge in [0.15, 0.2) is 17.3 Å². The number of methoxy groups -OCH3 is 3. The Morgan fingerprint density at radius 1 is 0.969 bits per heavy atom. The summed E-state index contributed by atoms with van der Waals surface area (Å²) in [6.45, 7) is 0. The van der Waals surface area contributed by atoms with Gasteiger partial charge >= 0.3 is 0 Å². The summed E-state index contributed by atoms with van der Waals surface area (Å²) in [6, 6.07) is 14.3. The van der Waals surface area contributed by atoms with Crippen LogP contribution < -0.4 is 18.9 Å². The van der Waals surface area contributed by atoms with Gasteiger partial charge in [0, 0.05) is 17.5 Å². The number of carbonyl (C=O) groups is 1. The van der Waals surface area contributed by atoms with E-state index < -0.39 is 6.10 Å². The lowest BCUT2D eigenvalue weighted by atomic mass is 9.90. The lowest BCUT2D eigenvalue weighted by Crippen LogP contribution is -2.22. The first-order valence-corrected chi connectivity index (χ1v) is 10.1. The van der Waals surface area contributed by atoms with Gasteiger partial charge in [-0.1, -0.05) is 30.3 Å². The molecule has 0 aromatic heterocycles. The number of Topliss-reactive ketones (excluding diaryl/α,β-unsaturated/α-hetero) is 1. The Bertz CT molecular complexity index is 1150. The third-order valence-corrected chi connectivity index (χ3v) is 5.58. The molecule has 7 nitrogen and oxygen atoms in total. The number of hydrogen-bond donors (Lipinski definition) is 2. The molecule has 1 aliphatic heterocycles. The Hall–Kier alpha value is -3.87. The summed E-state index contributed by atoms with van der Waals surface area (Å²) in [5.74, 6) is 0.508. The van der Waals surface area contributed by atoms with Gasteiger partial charge < -0.3 is 29.2 Å². The summed E-state index contributed by atoms with van der Waals surface area (Å²) in [7, 11) is 4.37. The maximum atomic E-state index is 13.1. The molecule has 0 bridgehead atoms. The van der Waals surface area contributed by atoms with Crippen LogP contribution in [0.1, 0.15) is 39.6 Å². The minimum Gasteiger partial charge on any atom is -0.508 e. The summed E-state index contributed by atoms with van der Waals surface area (Å²) in [4.78, 5) is 13.1. The van der Waals surface area contributed by atoms with E-state index in [2.05, 4.69) is 0 Å². The third kappa shape index (κ3) is 3.66. The second-order valence-electron chi connectivity index (χ2n) is 7.41. The number of fused-ring (bicyclic) bond motifs is 1. The summed E-state index contributed by atoms with van der Waals surface area (Å²) in [6.07, 6.45) is -0.296. The van der Waals surface area contributed by atoms with E-state index in [0.717, 1.165) is 5.56 Å². The van der Waals surface area contributed by atoms with E-state index in [-0.39, 0.29) is 52.9 Å². The van der Waals surface area contributed by atoms with Crippen LogP contribution >= 0.6 is 0 Å². The quantitative estimate of drug-likeness (QED) is 0.591. The van der Waals surface area contributed by atoms with Crippen molar-refractivity contribution in [2.75, 3.05) is 21.3 Å². The molecule has 0 saturated heterocycles. The van der Waals surface area contributed by atoms with E-state index in [1.54, 1.807) is 12.1 Å². The van der Waals surface area contributed by atoms with Gasteiger partial charge in [-0.2, -0.15) is 0 Å². The Balaban J connectivity index is 1.91. The van der Waals surface area contributed by atoms with Gasteiger partial charge in [0.25, 0.3) is 0 Å². The van der Waals surface area contributed by atoms with Gasteiger partial charge in [0.05, 0.1) is 27.8 Å². The van der Waals surface area contributed by atoms with Gasteiger partial charge in [0.2, 0.25) is 5.75 Å². The monoisotopic (exact) mass is 436 g/mol. The highest BCUT2D eigenvalue weighted by molar-refractivity contribution is 6.04. The van der Waals surface area contributed by atoms with Crippen LogP contribution in [0, 0.1) is 0 Å². The standard InChI is InChI=1S/C25H24O7/c1-29-16-9-10-18(26)15(11-16)12-17-23-21(22(28)25(31-3)24(17)30-2)19(27)13-20(32-23)14-7-5-4-6-8-14/h4-11,20,26,28H,12-13H2,1-3H3/t20-/m0/s1. The third-order valence-electron chi connectivity index (χ3n) is 5.58. The second-order valence-corrected chi connectivity index (χ2v) is 7.41. The lowest BCUT2D eigenvalue weighted by molar-refractivity contribution is 0.0840. The van der Waals surface area contributed by atoms with Crippen LogP contribution in [0.15, 0.2) is 48.5 Å². The average Bonchev–Trinajstić information content (AvgIpc) is 2.81. The Morgan fingerprint density at radius 2 is 1.69 bits per heavy atom. The zero-order valence-electron chi connectivity index (χ0n) is 18.0. The van der Waals surface area contributed by atoms with Crippen molar-refractivity contribution in [2.24, 2.45) is 0 Å². The number of hydrogen-bond acceptors (Lipinski definition) is 7. The lowest BCUT2D eigenvalue weighted by Gasteiger charge is -2.30. The van der Waals surface area contributed by atoms with Crippen LogP contribution in [0.25, 0.3) is 0 Å². The Morgan fingerprint density at radius 3 is 2.34 bits per heavy atom. The molecule has 32 heavy (non-hydrogen) atoms. The van der Waals surface area contributed by atoms with Crippen LogP contribution in [-0.2, 0) is 6.42 Å². The zero-order valence-corrected chi connectivity index (χ0v) is 18.0. The molecule has 3 aromatic rings. The summed E-state index contributed by atoms with van der Waals surface area (Å²) < 4.78 is 22.5. The predicted molar refractivity (Wildman–Crippen MR) is 117 cm³/mol. The van der Waals surface area contributed by atoms with Crippen molar-refractivity contribution in [1.29, 1.82) is 0 Å². The fourth-order valence-electron chi connectivity index (χ4n) is 4.00. The van der Waals surface area contributed by atoms with Crippen molar-refractivity contribution in [3.8, 4) is 34.5 Å². The minimum atomic E-state index is -0.522. The maximum Gasteiger partial charge on any atom is 0.204 e. The first-order chi connectivity index (χ1) is 15.5. The zero-order chi connectivity index (χ0) is 22.8. The van der Waals surface area contributed by atoms with Crippen molar-refractivity contribution >= 4 is 5.78 Å². The largest absolute Gasteiger partial charge is 0.508 e. The molecule has 0 aliphatic carbocycles. The maximum absolute atomic E-state index is 13.1. The minimum absolute atomic E-state index is 0.0405. The number of phenols is 2. The van der Waals surface area contributed by atoms with Crippen LogP contribution in [-0.4, -0.2) is 37.3 Å². The van der Waals surface area contributed by atoms with Gasteiger partial charge in [-0.25, -0.2) is 0 Å². The highest BCUT2D eigenvalue weighted by atomic mass is 16.5. The molecule has 4 rings (SSSR count). The molecule has 0 fully saturated rings. The molecule has 3 aromatic carbocycles. The molecule has 0 radical (unpaired) electrons. The van der Waals surface area contributed by atoms with Gasteiger partial charge in [-0.3, -0.25) is 4.79 Å². The predicted octanol–water partition coefficient (Wildman–Crippen LogP) is 4.42. The molecular formula is C25H24O7. The number of carbonyl (C=O) groups excluding carboxylic acids is 1. The van der Waals surface area contributed by atoms with E-state index in [1.807, 2.05) is 30.3 Å². The number of ketones is 1. The van der Waals surface area contributed by atoms with Crippen LogP contribution in [0.3, 0.4) is 0 Å². The molecule has 1 aliphatic rings. The van der Waals surface area contributed by atoms with Crippen molar-refractivity contribution in [3.63, 3.8) is 0 Å². The smallest absolute Gasteiger partial charge is 0.204 e. The van der Waals surface area contributed by atoms with E-state index in [9.17, 15) is 15.0 Å². The van der Waals surface area contributed by atoms with E-state index in [4.69, 9.17) is 18.9 Å². The first-order valence-electron chi connectivity index (χ1n) is 10.1. The molecule has 0 spiro atoms. The molecule has 7 heteroatoms. The SMILES string of the molecule is COc1ccc(O)c(Cc2c(OC)c(OC)c(O)c3c2O[C@H](c2ccccc2)CC3=O)c1. The van der Waals surface area contributed by atoms with E-state index >= 15 is 0 Å². The molecule has 2 N–H and O–H groups in total. The number of ether oxygens (including phenoxy) is 4. The number of rotatable bonds is 6. The number of benzene rings is 3. The van der Waals surface area contributed by atoms with Gasteiger partial charge in [-0.05, 0) is 23.8 Å². The first kappa shape index (κ1) is 21.4. The molecule has 1 heterocycles. The molecular weight excluding hydrogens is 412 g/mol. The van der Waals surface area contributed by atoms with Crippen molar-refractivity contribution < 1.29 is 34.0 Å². The molecule has 0 saturated carbocycles. The van der Waals surface area contributed by atoms with Crippen LogP contribution in [0.4, 0.5) is 0 Å². The Kier molecular flexibility index (Phi) is 5.81. The topological polar surface area (TPSA) is 94.5 Å². The van der Waals surface area contributed by atoms with E-state index in [0.29, 0.717) is 16.9 Å². The molecule has 0 unspecified atom stereocenters. The van der Waals surface area contributed by atoms with Crippen molar-refractivity contribution in [1.82, 2.24) is 0 Å². The highest BCUT2D eigenvalue weighted by Gasteiger charge is 2.37. The highest BCUT2D eigenvalue weighted by Crippen LogP contribution is 2.53.